The van der Waals surface area contributed by atoms with Gasteiger partial charge in [-0.25, -0.2) is 0 Å². The molecule has 1 aromatic rings. The summed E-state index contributed by atoms with van der Waals surface area (Å²) in [6.45, 7) is 3.79. The van der Waals surface area contributed by atoms with Gasteiger partial charge in [-0.1, -0.05) is 20.3 Å². The quantitative estimate of drug-likeness (QED) is 0.858. The van der Waals surface area contributed by atoms with Crippen molar-refractivity contribution in [1.29, 1.82) is 0 Å². The van der Waals surface area contributed by atoms with E-state index in [9.17, 15) is 18.0 Å². The highest BCUT2D eigenvalue weighted by Gasteiger charge is 2.37. The van der Waals surface area contributed by atoms with Crippen LogP contribution in [0, 0.1) is 5.92 Å². The monoisotopic (exact) mass is 257 g/mol. The molecule has 1 N–H and O–H groups in total. The Morgan fingerprint density at radius 3 is 2.61 bits per heavy atom. The predicted octanol–water partition coefficient (Wildman–Crippen LogP) is 3.79. The number of alkyl halides is 3. The topological polar surface area (TPSA) is 29.1 Å². The molecule has 2 rings (SSSR count). The van der Waals surface area contributed by atoms with Crippen LogP contribution in [0.1, 0.15) is 37.3 Å². The van der Waals surface area contributed by atoms with Crippen molar-refractivity contribution >= 4 is 11.6 Å². The Labute approximate surface area is 103 Å². The minimum absolute atomic E-state index is 0.0229. The van der Waals surface area contributed by atoms with Gasteiger partial charge >= 0.3 is 6.18 Å². The zero-order valence-electron chi connectivity index (χ0n) is 10.1. The highest BCUT2D eigenvalue weighted by Crippen LogP contribution is 2.41. The van der Waals surface area contributed by atoms with Crippen LogP contribution in [0.5, 0.6) is 0 Å². The number of carbonyl (C=O) groups is 1. The molecule has 0 radical (unpaired) electrons. The van der Waals surface area contributed by atoms with Gasteiger partial charge in [-0.3, -0.25) is 4.79 Å². The molecule has 1 aliphatic heterocycles. The lowest BCUT2D eigenvalue weighted by Crippen LogP contribution is -2.18. The Morgan fingerprint density at radius 1 is 1.39 bits per heavy atom. The van der Waals surface area contributed by atoms with Gasteiger partial charge in [0.1, 0.15) is 0 Å². The molecule has 0 fully saturated rings. The van der Waals surface area contributed by atoms with E-state index < -0.39 is 17.7 Å². The van der Waals surface area contributed by atoms with Crippen LogP contribution in [0.2, 0.25) is 0 Å². The van der Waals surface area contributed by atoms with Gasteiger partial charge in [0, 0.05) is 5.69 Å². The van der Waals surface area contributed by atoms with E-state index in [0.29, 0.717) is 11.3 Å². The number of hydrogen-bond donors (Lipinski definition) is 1. The van der Waals surface area contributed by atoms with E-state index in [2.05, 4.69) is 5.32 Å². The fourth-order valence-corrected chi connectivity index (χ4v) is 2.26. The number of nitrogens with one attached hydrogen (secondary N) is 1. The minimum atomic E-state index is -4.37. The minimum Gasteiger partial charge on any atom is -0.325 e. The molecule has 0 saturated heterocycles. The molecule has 1 heterocycles. The Morgan fingerprint density at radius 2 is 2.06 bits per heavy atom. The highest BCUT2D eigenvalue weighted by atomic mass is 19.4. The molecule has 0 spiro atoms. The molecular formula is C13H14F3NO. The van der Waals surface area contributed by atoms with Crippen molar-refractivity contribution in [2.45, 2.75) is 32.4 Å². The zero-order valence-corrected chi connectivity index (χ0v) is 10.1. The van der Waals surface area contributed by atoms with Crippen LogP contribution in [0.25, 0.3) is 0 Å². The summed E-state index contributed by atoms with van der Waals surface area (Å²) in [4.78, 5) is 11.8. The standard InChI is InChI=1S/C13H14F3NO/c1-3-7(2)11-9-6-8(13(14,15)16)4-5-10(9)17-12(11)18/h4-7,11H,3H2,1-2H3,(H,17,18). The molecule has 2 atom stereocenters. The molecular weight excluding hydrogens is 243 g/mol. The molecule has 1 aromatic carbocycles. The number of anilines is 1. The molecule has 2 unspecified atom stereocenters. The van der Waals surface area contributed by atoms with Crippen molar-refractivity contribution in [3.63, 3.8) is 0 Å². The fourth-order valence-electron chi connectivity index (χ4n) is 2.26. The van der Waals surface area contributed by atoms with E-state index >= 15 is 0 Å². The highest BCUT2D eigenvalue weighted by molar-refractivity contribution is 6.03. The first-order valence-electron chi connectivity index (χ1n) is 5.86. The molecule has 0 aromatic heterocycles. The van der Waals surface area contributed by atoms with Crippen molar-refractivity contribution in [2.24, 2.45) is 5.92 Å². The van der Waals surface area contributed by atoms with Crippen LogP contribution < -0.4 is 5.32 Å². The average molecular weight is 257 g/mol. The van der Waals surface area contributed by atoms with Crippen molar-refractivity contribution < 1.29 is 18.0 Å². The van der Waals surface area contributed by atoms with E-state index in [1.54, 1.807) is 0 Å². The Bertz CT molecular complexity index is 482. The lowest BCUT2D eigenvalue weighted by atomic mass is 9.86. The van der Waals surface area contributed by atoms with E-state index in [1.165, 1.54) is 6.07 Å². The van der Waals surface area contributed by atoms with E-state index in [4.69, 9.17) is 0 Å². The summed E-state index contributed by atoms with van der Waals surface area (Å²) < 4.78 is 38.0. The summed E-state index contributed by atoms with van der Waals surface area (Å²) in [6.07, 6.45) is -3.63. The predicted molar refractivity (Wildman–Crippen MR) is 62.3 cm³/mol. The Hall–Kier alpha value is -1.52. The van der Waals surface area contributed by atoms with Crippen LogP contribution >= 0.6 is 0 Å². The van der Waals surface area contributed by atoms with E-state index in [0.717, 1.165) is 18.6 Å². The molecule has 0 aliphatic carbocycles. The first kappa shape index (κ1) is 12.9. The second-order valence-corrected chi connectivity index (χ2v) is 4.65. The molecule has 0 saturated carbocycles. The summed E-state index contributed by atoms with van der Waals surface area (Å²) in [5.41, 5.74) is 0.258. The molecule has 18 heavy (non-hydrogen) atoms. The summed E-state index contributed by atoms with van der Waals surface area (Å²) in [5.74, 6) is -0.666. The molecule has 0 bridgehead atoms. The number of fused-ring (bicyclic) bond motifs is 1. The largest absolute Gasteiger partial charge is 0.416 e. The maximum Gasteiger partial charge on any atom is 0.416 e. The number of carbonyl (C=O) groups excluding carboxylic acids is 1. The van der Waals surface area contributed by atoms with Crippen LogP contribution in [0.4, 0.5) is 18.9 Å². The van der Waals surface area contributed by atoms with Gasteiger partial charge in [0.15, 0.2) is 0 Å². The number of hydrogen-bond acceptors (Lipinski definition) is 1. The maximum absolute atomic E-state index is 12.7. The summed E-state index contributed by atoms with van der Waals surface area (Å²) in [6, 6.07) is 3.42. The number of amides is 1. The van der Waals surface area contributed by atoms with Gasteiger partial charge in [-0.15, -0.1) is 0 Å². The van der Waals surface area contributed by atoms with Crippen molar-refractivity contribution in [1.82, 2.24) is 0 Å². The van der Waals surface area contributed by atoms with Gasteiger partial charge in [0.2, 0.25) is 5.91 Å². The Balaban J connectivity index is 2.46. The van der Waals surface area contributed by atoms with Crippen LogP contribution in [0.15, 0.2) is 18.2 Å². The molecule has 98 valence electrons. The summed E-state index contributed by atoms with van der Waals surface area (Å²) in [5, 5.41) is 2.64. The van der Waals surface area contributed by atoms with Gasteiger partial charge in [0.25, 0.3) is 0 Å². The molecule has 2 nitrogen and oxygen atoms in total. The maximum atomic E-state index is 12.7. The summed E-state index contributed by atoms with van der Waals surface area (Å²) in [7, 11) is 0. The van der Waals surface area contributed by atoms with Gasteiger partial charge in [-0.2, -0.15) is 13.2 Å². The van der Waals surface area contributed by atoms with Crippen molar-refractivity contribution in [3.8, 4) is 0 Å². The fraction of sp³-hybridized carbons (Fsp3) is 0.462. The smallest absolute Gasteiger partial charge is 0.325 e. The van der Waals surface area contributed by atoms with Crippen molar-refractivity contribution in [3.05, 3.63) is 29.3 Å². The summed E-state index contributed by atoms with van der Waals surface area (Å²) >= 11 is 0. The first-order chi connectivity index (χ1) is 8.34. The van der Waals surface area contributed by atoms with Crippen LogP contribution in [0.3, 0.4) is 0 Å². The lowest BCUT2D eigenvalue weighted by molar-refractivity contribution is -0.137. The zero-order chi connectivity index (χ0) is 13.5. The van der Waals surface area contributed by atoms with E-state index in [1.807, 2.05) is 13.8 Å². The molecule has 5 heteroatoms. The molecule has 1 amide bonds. The normalized spacial score (nSPS) is 20.5. The number of rotatable bonds is 2. The molecule has 1 aliphatic rings. The second-order valence-electron chi connectivity index (χ2n) is 4.65. The Kier molecular flexibility index (Phi) is 3.09. The SMILES string of the molecule is CCC(C)C1C(=O)Nc2ccc(C(F)(F)F)cc21. The van der Waals surface area contributed by atoms with Gasteiger partial charge in [0.05, 0.1) is 11.5 Å². The van der Waals surface area contributed by atoms with E-state index in [-0.39, 0.29) is 11.8 Å². The lowest BCUT2D eigenvalue weighted by Gasteiger charge is -2.16. The third-order valence-electron chi connectivity index (χ3n) is 3.47. The third kappa shape index (κ3) is 2.09. The average Bonchev–Trinajstić information content (AvgIpc) is 2.61. The van der Waals surface area contributed by atoms with Gasteiger partial charge < -0.3 is 5.32 Å². The third-order valence-corrected chi connectivity index (χ3v) is 3.47. The second kappa shape index (κ2) is 4.30. The van der Waals surface area contributed by atoms with Gasteiger partial charge in [-0.05, 0) is 29.7 Å². The number of halogens is 3. The number of benzene rings is 1. The van der Waals surface area contributed by atoms with Crippen molar-refractivity contribution in [2.75, 3.05) is 5.32 Å². The first-order valence-corrected chi connectivity index (χ1v) is 5.86. The van der Waals surface area contributed by atoms with Crippen LogP contribution in [-0.4, -0.2) is 5.91 Å². The van der Waals surface area contributed by atoms with Crippen LogP contribution in [-0.2, 0) is 11.0 Å².